The molecule has 1 N–H and O–H groups in total. The van der Waals surface area contributed by atoms with Crippen LogP contribution in [0.4, 0.5) is 0 Å². The lowest BCUT2D eigenvalue weighted by molar-refractivity contribution is -0.138. The van der Waals surface area contributed by atoms with Crippen molar-refractivity contribution in [3.63, 3.8) is 0 Å². The molecule has 1 aliphatic rings. The van der Waals surface area contributed by atoms with Gasteiger partial charge in [0.2, 0.25) is 5.91 Å². The van der Waals surface area contributed by atoms with Crippen LogP contribution in [0.15, 0.2) is 40.4 Å². The molecule has 1 heterocycles. The van der Waals surface area contributed by atoms with Crippen LogP contribution in [-0.2, 0) is 31.1 Å². The SMILES string of the molecule is CCOC(=O)C1=CN(CC(=O)NCc2ccc(C)cc2)S(=O)(=O)N=C1C. The Bertz CT molecular complexity index is 857. The van der Waals surface area contributed by atoms with E-state index in [9.17, 15) is 18.0 Å². The Balaban J connectivity index is 2.06. The minimum absolute atomic E-state index is 0.00742. The van der Waals surface area contributed by atoms with Gasteiger partial charge in [-0.25, -0.2) is 9.10 Å². The number of carbonyl (C=O) groups is 2. The van der Waals surface area contributed by atoms with Gasteiger partial charge in [0.1, 0.15) is 6.54 Å². The number of amides is 1. The lowest BCUT2D eigenvalue weighted by Crippen LogP contribution is -2.39. The minimum atomic E-state index is -4.06. The molecule has 0 unspecified atom stereocenters. The number of ether oxygens (including phenoxy) is 1. The van der Waals surface area contributed by atoms with Gasteiger partial charge in [0, 0.05) is 12.7 Å². The van der Waals surface area contributed by atoms with Crippen molar-refractivity contribution in [3.8, 4) is 0 Å². The van der Waals surface area contributed by atoms with E-state index in [0.717, 1.165) is 21.6 Å². The topological polar surface area (TPSA) is 105 Å². The lowest BCUT2D eigenvalue weighted by atomic mass is 10.1. The highest BCUT2D eigenvalue weighted by Gasteiger charge is 2.30. The normalized spacial score (nSPS) is 15.7. The van der Waals surface area contributed by atoms with Crippen LogP contribution >= 0.6 is 0 Å². The Morgan fingerprint density at radius 2 is 1.85 bits per heavy atom. The molecule has 26 heavy (non-hydrogen) atoms. The van der Waals surface area contributed by atoms with E-state index in [-0.39, 0.29) is 24.4 Å². The first-order chi connectivity index (χ1) is 12.2. The average Bonchev–Trinajstić information content (AvgIpc) is 2.56. The first-order valence-electron chi connectivity index (χ1n) is 8.03. The molecular formula is C17H21N3O5S. The molecule has 0 radical (unpaired) electrons. The molecule has 9 heteroatoms. The van der Waals surface area contributed by atoms with E-state index in [0.29, 0.717) is 0 Å². The first kappa shape index (κ1) is 19.6. The van der Waals surface area contributed by atoms with E-state index in [1.807, 2.05) is 31.2 Å². The number of aryl methyl sites for hydroxylation is 1. The second kappa shape index (κ2) is 8.13. The number of nitrogens with zero attached hydrogens (tertiary/aromatic N) is 2. The van der Waals surface area contributed by atoms with Gasteiger partial charge in [0.05, 0.1) is 17.9 Å². The van der Waals surface area contributed by atoms with Crippen molar-refractivity contribution in [2.45, 2.75) is 27.3 Å². The van der Waals surface area contributed by atoms with Gasteiger partial charge in [-0.1, -0.05) is 29.8 Å². The van der Waals surface area contributed by atoms with Gasteiger partial charge < -0.3 is 10.1 Å². The van der Waals surface area contributed by atoms with Gasteiger partial charge in [0.25, 0.3) is 0 Å². The maximum atomic E-state index is 12.1. The molecule has 0 atom stereocenters. The third kappa shape index (κ3) is 4.92. The average molecular weight is 379 g/mol. The molecule has 0 fully saturated rings. The van der Waals surface area contributed by atoms with Crippen LogP contribution in [0.5, 0.6) is 0 Å². The molecule has 140 valence electrons. The highest BCUT2D eigenvalue weighted by atomic mass is 32.2. The molecule has 0 saturated heterocycles. The Hall–Kier alpha value is -2.68. The highest BCUT2D eigenvalue weighted by molar-refractivity contribution is 7.88. The van der Waals surface area contributed by atoms with Crippen LogP contribution in [-0.4, -0.2) is 43.5 Å². The number of carbonyl (C=O) groups excluding carboxylic acids is 2. The van der Waals surface area contributed by atoms with Crippen molar-refractivity contribution in [1.82, 2.24) is 9.62 Å². The summed E-state index contributed by atoms with van der Waals surface area (Å²) in [5.74, 6) is -1.20. The van der Waals surface area contributed by atoms with Crippen LogP contribution in [0.25, 0.3) is 0 Å². The number of rotatable bonds is 6. The van der Waals surface area contributed by atoms with E-state index in [4.69, 9.17) is 4.74 Å². The van der Waals surface area contributed by atoms with Gasteiger partial charge >= 0.3 is 16.2 Å². The largest absolute Gasteiger partial charge is 0.462 e. The molecular weight excluding hydrogens is 358 g/mol. The Kier molecular flexibility index (Phi) is 6.14. The van der Waals surface area contributed by atoms with Gasteiger partial charge in [-0.2, -0.15) is 8.42 Å². The van der Waals surface area contributed by atoms with Crippen molar-refractivity contribution in [3.05, 3.63) is 47.2 Å². The summed E-state index contributed by atoms with van der Waals surface area (Å²) in [5.41, 5.74) is 2.03. The second-order valence-corrected chi connectivity index (χ2v) is 7.27. The zero-order valence-electron chi connectivity index (χ0n) is 14.9. The monoisotopic (exact) mass is 379 g/mol. The molecule has 0 bridgehead atoms. The van der Waals surface area contributed by atoms with Gasteiger partial charge in [-0.15, -0.1) is 4.40 Å². The van der Waals surface area contributed by atoms with Crippen molar-refractivity contribution in [2.75, 3.05) is 13.2 Å². The standard InChI is InChI=1S/C17H21N3O5S/c1-4-25-17(22)15-10-20(26(23,24)19-13(15)3)11-16(21)18-9-14-7-5-12(2)6-8-14/h5-8,10H,4,9,11H2,1-3H3,(H,18,21). The summed E-state index contributed by atoms with van der Waals surface area (Å²) in [6, 6.07) is 7.59. The highest BCUT2D eigenvalue weighted by Crippen LogP contribution is 2.17. The first-order valence-corrected chi connectivity index (χ1v) is 9.42. The van der Waals surface area contributed by atoms with Crippen LogP contribution in [0.1, 0.15) is 25.0 Å². The maximum Gasteiger partial charge on any atom is 0.344 e. The molecule has 0 aliphatic carbocycles. The summed E-state index contributed by atoms with van der Waals surface area (Å²) in [4.78, 5) is 24.0. The smallest absolute Gasteiger partial charge is 0.344 e. The minimum Gasteiger partial charge on any atom is -0.462 e. The molecule has 1 amide bonds. The van der Waals surface area contributed by atoms with Crippen molar-refractivity contribution >= 4 is 27.8 Å². The van der Waals surface area contributed by atoms with E-state index < -0.39 is 28.6 Å². The fourth-order valence-electron chi connectivity index (χ4n) is 2.22. The summed E-state index contributed by atoms with van der Waals surface area (Å²) < 4.78 is 33.4. The Morgan fingerprint density at radius 3 is 2.46 bits per heavy atom. The molecule has 1 aliphatic heterocycles. The van der Waals surface area contributed by atoms with Crippen molar-refractivity contribution in [2.24, 2.45) is 4.40 Å². The van der Waals surface area contributed by atoms with Crippen LogP contribution in [0.2, 0.25) is 0 Å². The third-order valence-corrected chi connectivity index (χ3v) is 4.95. The van der Waals surface area contributed by atoms with Gasteiger partial charge in [-0.3, -0.25) is 4.79 Å². The lowest BCUT2D eigenvalue weighted by Gasteiger charge is -2.22. The molecule has 0 saturated carbocycles. The number of esters is 1. The summed E-state index contributed by atoms with van der Waals surface area (Å²) in [7, 11) is -4.06. The number of benzene rings is 1. The van der Waals surface area contributed by atoms with Gasteiger partial charge in [0.15, 0.2) is 0 Å². The number of nitrogens with one attached hydrogen (secondary N) is 1. The third-order valence-electron chi connectivity index (χ3n) is 3.62. The fourth-order valence-corrected chi connectivity index (χ4v) is 3.29. The predicted molar refractivity (Wildman–Crippen MR) is 96.5 cm³/mol. The van der Waals surface area contributed by atoms with E-state index in [1.54, 1.807) is 6.92 Å². The summed E-state index contributed by atoms with van der Waals surface area (Å²) in [6.45, 7) is 4.93. The number of hydrogen-bond donors (Lipinski definition) is 1. The van der Waals surface area contributed by atoms with E-state index in [2.05, 4.69) is 9.71 Å². The zero-order valence-corrected chi connectivity index (χ0v) is 15.7. The van der Waals surface area contributed by atoms with E-state index in [1.165, 1.54) is 6.92 Å². The fraction of sp³-hybridized carbons (Fsp3) is 0.353. The van der Waals surface area contributed by atoms with Crippen LogP contribution in [0, 0.1) is 6.92 Å². The Labute approximate surface area is 152 Å². The summed E-state index contributed by atoms with van der Waals surface area (Å²) in [6.07, 6.45) is 1.08. The van der Waals surface area contributed by atoms with Gasteiger partial charge in [-0.05, 0) is 26.3 Å². The molecule has 1 aromatic rings. The molecule has 1 aromatic carbocycles. The predicted octanol–water partition coefficient (Wildman–Crippen LogP) is 1.08. The van der Waals surface area contributed by atoms with Crippen LogP contribution in [0.3, 0.4) is 0 Å². The molecule has 0 spiro atoms. The van der Waals surface area contributed by atoms with Crippen LogP contribution < -0.4 is 5.32 Å². The van der Waals surface area contributed by atoms with Crippen molar-refractivity contribution < 1.29 is 22.7 Å². The molecule has 0 aromatic heterocycles. The Morgan fingerprint density at radius 1 is 1.19 bits per heavy atom. The summed E-state index contributed by atoms with van der Waals surface area (Å²) >= 11 is 0. The van der Waals surface area contributed by atoms with E-state index >= 15 is 0 Å². The van der Waals surface area contributed by atoms with Crippen molar-refractivity contribution in [1.29, 1.82) is 0 Å². The summed E-state index contributed by atoms with van der Waals surface area (Å²) in [5, 5.41) is 2.64. The molecule has 2 rings (SSSR count). The quantitative estimate of drug-likeness (QED) is 0.745. The molecule has 8 nitrogen and oxygen atoms in total. The number of hydrogen-bond acceptors (Lipinski definition) is 5. The maximum absolute atomic E-state index is 12.1. The zero-order chi connectivity index (χ0) is 19.3. The second-order valence-electron chi connectivity index (χ2n) is 5.73.